The van der Waals surface area contributed by atoms with E-state index in [-0.39, 0.29) is 0 Å². The number of carbonyl (C=O) groups is 1. The summed E-state index contributed by atoms with van der Waals surface area (Å²) in [6.07, 6.45) is -0.407. The monoisotopic (exact) mass is 250 g/mol. The van der Waals surface area contributed by atoms with Crippen molar-refractivity contribution in [3.05, 3.63) is 29.3 Å². The number of hydrogen-bond acceptors (Lipinski definition) is 3. The van der Waals surface area contributed by atoms with Crippen LogP contribution in [-0.2, 0) is 4.74 Å². The highest BCUT2D eigenvalue weighted by atomic mass is 16.5. The van der Waals surface area contributed by atoms with Gasteiger partial charge in [0, 0.05) is 11.7 Å². The first-order valence-electron chi connectivity index (χ1n) is 6.17. The fourth-order valence-corrected chi connectivity index (χ4v) is 1.80. The Balaban J connectivity index is 2.95. The maximum absolute atomic E-state index is 11.4. The molecule has 0 saturated heterocycles. The predicted octanol–water partition coefficient (Wildman–Crippen LogP) is 3.19. The number of anilines is 1. The summed E-state index contributed by atoms with van der Waals surface area (Å²) in [5, 5.41) is 2.77. The van der Waals surface area contributed by atoms with E-state index in [0.29, 0.717) is 12.6 Å². The van der Waals surface area contributed by atoms with E-state index in [9.17, 15) is 4.79 Å². The van der Waals surface area contributed by atoms with E-state index in [1.165, 1.54) is 5.56 Å². The van der Waals surface area contributed by atoms with E-state index in [0.717, 1.165) is 11.3 Å². The molecular formula is C14H22N2O2. The highest BCUT2D eigenvalue weighted by Crippen LogP contribution is 2.26. The van der Waals surface area contributed by atoms with Crippen LogP contribution in [0, 0.1) is 6.92 Å². The van der Waals surface area contributed by atoms with Crippen LogP contribution in [0.4, 0.5) is 10.5 Å². The minimum atomic E-state index is -0.407. The molecule has 18 heavy (non-hydrogen) atoms. The Hall–Kier alpha value is -1.55. The molecule has 1 aromatic carbocycles. The summed E-state index contributed by atoms with van der Waals surface area (Å²) in [4.78, 5) is 13.6. The number of hydrogen-bond donors (Lipinski definition) is 1. The maximum Gasteiger partial charge on any atom is 0.411 e. The Morgan fingerprint density at radius 3 is 2.67 bits per heavy atom. The van der Waals surface area contributed by atoms with E-state index in [1.54, 1.807) is 6.92 Å². The lowest BCUT2D eigenvalue weighted by molar-refractivity contribution is 0.168. The van der Waals surface area contributed by atoms with E-state index < -0.39 is 6.09 Å². The van der Waals surface area contributed by atoms with Crippen molar-refractivity contribution in [2.75, 3.05) is 26.0 Å². The van der Waals surface area contributed by atoms with Crippen LogP contribution in [0.25, 0.3) is 0 Å². The minimum Gasteiger partial charge on any atom is -0.450 e. The second-order valence-electron chi connectivity index (χ2n) is 4.50. The summed E-state index contributed by atoms with van der Waals surface area (Å²) >= 11 is 0. The van der Waals surface area contributed by atoms with Crippen molar-refractivity contribution < 1.29 is 9.53 Å². The molecule has 0 saturated carbocycles. The van der Waals surface area contributed by atoms with Crippen LogP contribution in [0.5, 0.6) is 0 Å². The molecule has 1 atom stereocenters. The standard InChI is InChI=1S/C14H22N2O2/c1-6-18-14(17)15-13-9-7-8-12(10(13)2)11(3)16(4)5/h7-9,11H,6H2,1-5H3,(H,15,17)/t11-/m0/s1. The molecule has 4 heteroatoms. The van der Waals surface area contributed by atoms with Crippen molar-refractivity contribution >= 4 is 11.8 Å². The first kappa shape index (κ1) is 14.5. The first-order valence-corrected chi connectivity index (χ1v) is 6.17. The van der Waals surface area contributed by atoms with Gasteiger partial charge in [0.25, 0.3) is 0 Å². The maximum atomic E-state index is 11.4. The van der Waals surface area contributed by atoms with Crippen molar-refractivity contribution in [1.29, 1.82) is 0 Å². The summed E-state index contributed by atoms with van der Waals surface area (Å²) < 4.78 is 4.89. The summed E-state index contributed by atoms with van der Waals surface area (Å²) in [5.41, 5.74) is 3.08. The van der Waals surface area contributed by atoms with Crippen LogP contribution < -0.4 is 5.32 Å². The van der Waals surface area contributed by atoms with Gasteiger partial charge >= 0.3 is 6.09 Å². The van der Waals surface area contributed by atoms with Crippen molar-refractivity contribution in [1.82, 2.24) is 4.90 Å². The molecule has 100 valence electrons. The molecule has 1 amide bonds. The number of nitrogens with zero attached hydrogens (tertiary/aromatic N) is 1. The topological polar surface area (TPSA) is 41.6 Å². The molecule has 0 aliphatic rings. The molecule has 4 nitrogen and oxygen atoms in total. The SMILES string of the molecule is CCOC(=O)Nc1cccc([C@H](C)N(C)C)c1C. The summed E-state index contributed by atoms with van der Waals surface area (Å²) in [5.74, 6) is 0. The number of carbonyl (C=O) groups excluding carboxylic acids is 1. The number of ether oxygens (including phenoxy) is 1. The van der Waals surface area contributed by atoms with Gasteiger partial charge in [0.05, 0.1) is 6.61 Å². The lowest BCUT2D eigenvalue weighted by Gasteiger charge is -2.23. The Bertz CT molecular complexity index is 416. The van der Waals surface area contributed by atoms with E-state index >= 15 is 0 Å². The molecule has 0 aliphatic carbocycles. The van der Waals surface area contributed by atoms with Gasteiger partial charge in [-0.15, -0.1) is 0 Å². The normalized spacial score (nSPS) is 12.3. The van der Waals surface area contributed by atoms with Gasteiger partial charge in [0.1, 0.15) is 0 Å². The Morgan fingerprint density at radius 2 is 2.11 bits per heavy atom. The lowest BCUT2D eigenvalue weighted by Crippen LogP contribution is -2.19. The summed E-state index contributed by atoms with van der Waals surface area (Å²) in [6, 6.07) is 6.21. The molecule has 0 bridgehead atoms. The molecule has 0 fully saturated rings. The third-order valence-electron chi connectivity index (χ3n) is 3.11. The molecule has 0 heterocycles. The molecular weight excluding hydrogens is 228 g/mol. The minimum absolute atomic E-state index is 0.300. The zero-order chi connectivity index (χ0) is 13.7. The van der Waals surface area contributed by atoms with Gasteiger partial charge < -0.3 is 9.64 Å². The zero-order valence-corrected chi connectivity index (χ0v) is 11.8. The van der Waals surface area contributed by atoms with Crippen LogP contribution in [0.3, 0.4) is 0 Å². The summed E-state index contributed by atoms with van der Waals surface area (Å²) in [6.45, 7) is 6.31. The third kappa shape index (κ3) is 3.47. The van der Waals surface area contributed by atoms with Gasteiger partial charge in [-0.1, -0.05) is 12.1 Å². The third-order valence-corrected chi connectivity index (χ3v) is 3.11. The highest BCUT2D eigenvalue weighted by molar-refractivity contribution is 5.85. The van der Waals surface area contributed by atoms with Gasteiger partial charge in [-0.2, -0.15) is 0 Å². The van der Waals surface area contributed by atoms with Crippen molar-refractivity contribution in [3.63, 3.8) is 0 Å². The van der Waals surface area contributed by atoms with E-state index in [2.05, 4.69) is 23.2 Å². The van der Waals surface area contributed by atoms with Crippen LogP contribution in [0.1, 0.15) is 31.0 Å². The fraction of sp³-hybridized carbons (Fsp3) is 0.500. The van der Waals surface area contributed by atoms with Crippen LogP contribution in [0.15, 0.2) is 18.2 Å². The Kier molecular flexibility index (Phi) is 5.16. The second kappa shape index (κ2) is 6.40. The van der Waals surface area contributed by atoms with Crippen molar-refractivity contribution in [2.24, 2.45) is 0 Å². The predicted molar refractivity (Wildman–Crippen MR) is 73.9 cm³/mol. The summed E-state index contributed by atoms with van der Waals surface area (Å²) in [7, 11) is 4.07. The quantitative estimate of drug-likeness (QED) is 0.892. The van der Waals surface area contributed by atoms with Gasteiger partial charge in [-0.05, 0) is 52.1 Å². The van der Waals surface area contributed by atoms with E-state index in [1.807, 2.05) is 33.2 Å². The van der Waals surface area contributed by atoms with Crippen molar-refractivity contribution in [3.8, 4) is 0 Å². The number of nitrogens with one attached hydrogen (secondary N) is 1. The first-order chi connectivity index (χ1) is 8.47. The number of amides is 1. The lowest BCUT2D eigenvalue weighted by atomic mass is 10.0. The Morgan fingerprint density at radius 1 is 1.44 bits per heavy atom. The molecule has 0 radical (unpaired) electrons. The number of rotatable bonds is 4. The molecule has 1 N–H and O–H groups in total. The Labute approximate surface area is 109 Å². The van der Waals surface area contributed by atoms with Gasteiger partial charge in [0.15, 0.2) is 0 Å². The fourth-order valence-electron chi connectivity index (χ4n) is 1.80. The molecule has 0 aromatic heterocycles. The number of benzene rings is 1. The van der Waals surface area contributed by atoms with Crippen molar-refractivity contribution in [2.45, 2.75) is 26.8 Å². The molecule has 0 unspecified atom stereocenters. The van der Waals surface area contributed by atoms with Crippen LogP contribution >= 0.6 is 0 Å². The van der Waals surface area contributed by atoms with Gasteiger partial charge in [-0.25, -0.2) is 4.79 Å². The molecule has 1 aromatic rings. The molecule has 0 aliphatic heterocycles. The van der Waals surface area contributed by atoms with Crippen LogP contribution in [0.2, 0.25) is 0 Å². The largest absolute Gasteiger partial charge is 0.450 e. The second-order valence-corrected chi connectivity index (χ2v) is 4.50. The average Bonchev–Trinajstić information content (AvgIpc) is 2.31. The zero-order valence-electron chi connectivity index (χ0n) is 11.8. The molecule has 0 spiro atoms. The average molecular weight is 250 g/mol. The van der Waals surface area contributed by atoms with Gasteiger partial charge in [-0.3, -0.25) is 5.32 Å². The van der Waals surface area contributed by atoms with Crippen LogP contribution in [-0.4, -0.2) is 31.7 Å². The van der Waals surface area contributed by atoms with Gasteiger partial charge in [0.2, 0.25) is 0 Å². The van der Waals surface area contributed by atoms with E-state index in [4.69, 9.17) is 4.74 Å². The molecule has 1 rings (SSSR count). The highest BCUT2D eigenvalue weighted by Gasteiger charge is 2.13. The smallest absolute Gasteiger partial charge is 0.411 e.